The molecular formula is C11H11ClN2O2S. The van der Waals surface area contributed by atoms with Crippen LogP contribution in [0.5, 0.6) is 0 Å². The highest BCUT2D eigenvalue weighted by Crippen LogP contribution is 2.10. The number of rotatable bonds is 5. The predicted octanol–water partition coefficient (Wildman–Crippen LogP) is 2.27. The van der Waals surface area contributed by atoms with Gasteiger partial charge < -0.3 is 10.3 Å². The molecule has 0 saturated heterocycles. The van der Waals surface area contributed by atoms with Gasteiger partial charge in [-0.2, -0.15) is 16.6 Å². The van der Waals surface area contributed by atoms with Crippen LogP contribution in [0, 0.1) is 0 Å². The maximum absolute atomic E-state index is 11.6. The van der Waals surface area contributed by atoms with E-state index in [0.29, 0.717) is 16.3 Å². The smallest absolute Gasteiger partial charge is 0.422 e. The van der Waals surface area contributed by atoms with E-state index in [-0.39, 0.29) is 12.3 Å². The van der Waals surface area contributed by atoms with E-state index in [2.05, 4.69) is 4.79 Å². The summed E-state index contributed by atoms with van der Waals surface area (Å²) in [4.78, 5) is 14.5. The Hall–Kier alpha value is -1.29. The Balaban J connectivity index is 2.75. The van der Waals surface area contributed by atoms with Gasteiger partial charge in [0, 0.05) is 10.8 Å². The molecule has 17 heavy (non-hydrogen) atoms. The highest BCUT2D eigenvalue weighted by molar-refractivity contribution is 7.98. The van der Waals surface area contributed by atoms with Crippen molar-refractivity contribution in [2.45, 2.75) is 0 Å². The molecule has 0 spiro atoms. The summed E-state index contributed by atoms with van der Waals surface area (Å²) in [5.41, 5.74) is 9.17. The molecule has 0 bridgehead atoms. The molecule has 4 nitrogen and oxygen atoms in total. The van der Waals surface area contributed by atoms with E-state index < -0.39 is 5.97 Å². The Morgan fingerprint density at radius 2 is 2.12 bits per heavy atom. The van der Waals surface area contributed by atoms with Crippen molar-refractivity contribution < 1.29 is 14.3 Å². The van der Waals surface area contributed by atoms with Gasteiger partial charge in [-0.25, -0.2) is 4.79 Å². The standard InChI is InChI=1S/C11H11ClN2O2S/c1-17-7-6-16-11(15)10(14-13)8-2-4-9(12)5-3-8/h2-5H,6-7H2,1H3. The van der Waals surface area contributed by atoms with Gasteiger partial charge in [-0.1, -0.05) is 11.6 Å². The second kappa shape index (κ2) is 7.12. The highest BCUT2D eigenvalue weighted by atomic mass is 35.5. The number of ether oxygens (including phenoxy) is 1. The zero-order valence-electron chi connectivity index (χ0n) is 9.22. The first kappa shape index (κ1) is 13.8. The quantitative estimate of drug-likeness (QED) is 0.271. The Morgan fingerprint density at radius 3 is 2.65 bits per heavy atom. The minimum atomic E-state index is -0.649. The largest absolute Gasteiger partial charge is 0.456 e. The number of thioether (sulfide) groups is 1. The lowest BCUT2D eigenvalue weighted by Gasteiger charge is -2.00. The van der Waals surface area contributed by atoms with E-state index in [1.165, 1.54) is 0 Å². The van der Waals surface area contributed by atoms with E-state index in [1.807, 2.05) is 6.26 Å². The summed E-state index contributed by atoms with van der Waals surface area (Å²) in [7, 11) is 0. The zero-order chi connectivity index (χ0) is 12.7. The molecule has 0 aliphatic rings. The van der Waals surface area contributed by atoms with Crippen molar-refractivity contribution in [1.82, 2.24) is 0 Å². The fraction of sp³-hybridized carbons (Fsp3) is 0.273. The van der Waals surface area contributed by atoms with Crippen LogP contribution in [0.1, 0.15) is 5.56 Å². The van der Waals surface area contributed by atoms with Crippen LogP contribution in [0.25, 0.3) is 5.53 Å². The molecule has 1 aromatic carbocycles. The number of halogens is 1. The summed E-state index contributed by atoms with van der Waals surface area (Å²) >= 11 is 7.28. The van der Waals surface area contributed by atoms with Crippen LogP contribution in [0.4, 0.5) is 0 Å². The number of hydrogen-bond donors (Lipinski definition) is 0. The number of nitrogens with zero attached hydrogens (tertiary/aromatic N) is 2. The molecule has 0 saturated carbocycles. The molecule has 0 atom stereocenters. The highest BCUT2D eigenvalue weighted by Gasteiger charge is 2.24. The SMILES string of the molecule is CSCCOC(=O)C(=[N+]=[N-])c1ccc(Cl)cc1. The molecule has 1 aromatic rings. The van der Waals surface area contributed by atoms with Crippen LogP contribution >= 0.6 is 23.4 Å². The van der Waals surface area contributed by atoms with Crippen molar-refractivity contribution in [2.75, 3.05) is 18.6 Å². The van der Waals surface area contributed by atoms with Gasteiger partial charge in [-0.05, 0) is 30.5 Å². The van der Waals surface area contributed by atoms with Gasteiger partial charge in [0.1, 0.15) is 6.61 Å². The van der Waals surface area contributed by atoms with Crippen molar-refractivity contribution in [1.29, 1.82) is 0 Å². The van der Waals surface area contributed by atoms with Gasteiger partial charge in [0.15, 0.2) is 0 Å². The third-order valence-corrected chi connectivity index (χ3v) is 2.76. The molecule has 0 amide bonds. The minimum absolute atomic E-state index is 0.122. The minimum Gasteiger partial charge on any atom is -0.456 e. The Kier molecular flexibility index (Phi) is 5.77. The van der Waals surface area contributed by atoms with Crippen molar-refractivity contribution in [3.05, 3.63) is 40.4 Å². The molecule has 0 fully saturated rings. The third-order valence-electron chi connectivity index (χ3n) is 1.93. The lowest BCUT2D eigenvalue weighted by molar-refractivity contribution is -0.139. The van der Waals surface area contributed by atoms with Crippen molar-refractivity contribution >= 4 is 35.0 Å². The first-order valence-corrected chi connectivity index (χ1v) is 6.60. The molecule has 0 radical (unpaired) electrons. The van der Waals surface area contributed by atoms with Crippen molar-refractivity contribution in [2.24, 2.45) is 0 Å². The monoisotopic (exact) mass is 270 g/mol. The van der Waals surface area contributed by atoms with Crippen molar-refractivity contribution in [3.8, 4) is 0 Å². The lowest BCUT2D eigenvalue weighted by atomic mass is 10.1. The summed E-state index contributed by atoms with van der Waals surface area (Å²) in [6.45, 7) is 0.284. The number of carbonyl (C=O) groups excluding carboxylic acids is 1. The number of carbonyl (C=O) groups is 1. The second-order valence-electron chi connectivity index (χ2n) is 3.08. The zero-order valence-corrected chi connectivity index (χ0v) is 10.8. The topological polar surface area (TPSA) is 62.7 Å². The van der Waals surface area contributed by atoms with E-state index in [4.69, 9.17) is 21.9 Å². The average Bonchev–Trinajstić information content (AvgIpc) is 2.33. The maximum atomic E-state index is 11.6. The van der Waals surface area contributed by atoms with E-state index >= 15 is 0 Å². The van der Waals surface area contributed by atoms with E-state index in [1.54, 1.807) is 36.0 Å². The third kappa shape index (κ3) is 4.23. The Labute approximate surface area is 109 Å². The molecule has 0 aliphatic heterocycles. The number of esters is 1. The summed E-state index contributed by atoms with van der Waals surface area (Å²) in [5, 5.41) is 0.543. The van der Waals surface area contributed by atoms with Gasteiger partial charge in [-0.15, -0.1) is 0 Å². The Morgan fingerprint density at radius 1 is 1.47 bits per heavy atom. The second-order valence-corrected chi connectivity index (χ2v) is 4.51. The molecule has 1 rings (SSSR count). The molecule has 0 unspecified atom stereocenters. The number of hydrogen-bond acceptors (Lipinski definition) is 3. The summed E-state index contributed by atoms with van der Waals surface area (Å²) in [6, 6.07) is 6.40. The predicted molar refractivity (Wildman–Crippen MR) is 68.5 cm³/mol. The lowest BCUT2D eigenvalue weighted by Crippen LogP contribution is -2.20. The van der Waals surface area contributed by atoms with Crippen LogP contribution < -0.4 is 0 Å². The molecule has 0 N–H and O–H groups in total. The van der Waals surface area contributed by atoms with E-state index in [9.17, 15) is 4.79 Å². The van der Waals surface area contributed by atoms with Gasteiger partial charge in [0.05, 0.1) is 5.56 Å². The Bertz CT molecular complexity index is 441. The van der Waals surface area contributed by atoms with Crippen LogP contribution in [0.15, 0.2) is 24.3 Å². The van der Waals surface area contributed by atoms with Gasteiger partial charge in [-0.3, -0.25) is 0 Å². The summed E-state index contributed by atoms with van der Waals surface area (Å²) < 4.78 is 4.94. The molecule has 90 valence electrons. The van der Waals surface area contributed by atoms with Crippen molar-refractivity contribution in [3.63, 3.8) is 0 Å². The normalized spacial score (nSPS) is 9.53. The van der Waals surface area contributed by atoms with Gasteiger partial charge in [0.2, 0.25) is 0 Å². The molecular weight excluding hydrogens is 260 g/mol. The van der Waals surface area contributed by atoms with Crippen LogP contribution in [0.2, 0.25) is 5.02 Å². The fourth-order valence-electron chi connectivity index (χ4n) is 1.11. The number of benzene rings is 1. The first-order chi connectivity index (χ1) is 8.19. The molecule has 6 heteroatoms. The molecule has 0 aliphatic carbocycles. The fourth-order valence-corrected chi connectivity index (χ4v) is 1.49. The van der Waals surface area contributed by atoms with Gasteiger partial charge in [0.25, 0.3) is 0 Å². The van der Waals surface area contributed by atoms with Gasteiger partial charge >= 0.3 is 11.7 Å². The summed E-state index contributed by atoms with van der Waals surface area (Å²) in [5.74, 6) is 0.0503. The van der Waals surface area contributed by atoms with Crippen LogP contribution in [0.3, 0.4) is 0 Å². The molecule has 0 aromatic heterocycles. The first-order valence-electron chi connectivity index (χ1n) is 4.83. The van der Waals surface area contributed by atoms with Crippen LogP contribution in [-0.4, -0.2) is 35.1 Å². The van der Waals surface area contributed by atoms with E-state index in [0.717, 1.165) is 0 Å². The molecule has 0 heterocycles. The maximum Gasteiger partial charge on any atom is 0.422 e. The summed E-state index contributed by atoms with van der Waals surface area (Å²) in [6.07, 6.45) is 1.91. The average molecular weight is 271 g/mol. The van der Waals surface area contributed by atoms with Crippen LogP contribution in [-0.2, 0) is 9.53 Å².